The smallest absolute Gasteiger partial charge is 0.281 e. The van der Waals surface area contributed by atoms with Gasteiger partial charge in [-0.15, -0.1) is 5.10 Å². The maximum absolute atomic E-state index is 13.0. The molecule has 0 unspecified atom stereocenters. The summed E-state index contributed by atoms with van der Waals surface area (Å²) in [4.78, 5) is 17.6. The summed E-state index contributed by atoms with van der Waals surface area (Å²) < 4.78 is 6.51. The Morgan fingerprint density at radius 1 is 0.931 bits per heavy atom. The van der Waals surface area contributed by atoms with Gasteiger partial charge in [0.15, 0.2) is 5.82 Å². The van der Waals surface area contributed by atoms with Gasteiger partial charge >= 0.3 is 0 Å². The van der Waals surface area contributed by atoms with Crippen molar-refractivity contribution in [3.8, 4) is 17.1 Å². The first kappa shape index (κ1) is 18.4. The van der Waals surface area contributed by atoms with Gasteiger partial charge in [-0.25, -0.2) is 0 Å². The van der Waals surface area contributed by atoms with Crippen molar-refractivity contribution in [1.29, 1.82) is 0 Å². The lowest BCUT2D eigenvalue weighted by atomic mass is 10.2. The van der Waals surface area contributed by atoms with Gasteiger partial charge in [0.25, 0.3) is 5.91 Å². The van der Waals surface area contributed by atoms with Crippen molar-refractivity contribution in [2.45, 2.75) is 6.54 Å². The van der Waals surface area contributed by atoms with Crippen LogP contribution >= 0.6 is 0 Å². The van der Waals surface area contributed by atoms with Crippen molar-refractivity contribution in [2.75, 3.05) is 12.4 Å². The highest BCUT2D eigenvalue weighted by Crippen LogP contribution is 2.20. The molecule has 4 rings (SSSR count). The average Bonchev–Trinajstić information content (AvgIpc) is 3.23. The minimum absolute atomic E-state index is 0.238. The molecule has 29 heavy (non-hydrogen) atoms. The molecule has 1 N–H and O–H groups in total. The Morgan fingerprint density at radius 2 is 1.59 bits per heavy atom. The number of ether oxygens (including phenoxy) is 1. The lowest BCUT2D eigenvalue weighted by molar-refractivity contribution is 0.0947. The van der Waals surface area contributed by atoms with Gasteiger partial charge in [-0.3, -0.25) is 4.79 Å². The number of nitrogens with zero attached hydrogens (tertiary/aromatic N) is 3. The van der Waals surface area contributed by atoms with Crippen LogP contribution < -0.4 is 10.1 Å². The van der Waals surface area contributed by atoms with E-state index in [1.165, 1.54) is 4.68 Å². The van der Waals surface area contributed by atoms with Crippen molar-refractivity contribution in [2.24, 2.45) is 0 Å². The van der Waals surface area contributed by atoms with Gasteiger partial charge in [-0.05, 0) is 29.8 Å². The molecule has 0 spiro atoms. The molecule has 144 valence electrons. The fourth-order valence-corrected chi connectivity index (χ4v) is 2.91. The molecule has 0 saturated heterocycles. The Bertz CT molecular complexity index is 1090. The number of anilines is 1. The number of hydrogen-bond donors (Lipinski definition) is 1. The Labute approximate surface area is 168 Å². The van der Waals surface area contributed by atoms with Crippen molar-refractivity contribution in [3.63, 3.8) is 0 Å². The molecular weight excluding hydrogens is 364 g/mol. The van der Waals surface area contributed by atoms with Crippen molar-refractivity contribution in [3.05, 3.63) is 96.1 Å². The number of hydrogen-bond acceptors (Lipinski definition) is 5. The number of benzene rings is 3. The van der Waals surface area contributed by atoms with Gasteiger partial charge in [-0.1, -0.05) is 60.7 Å². The third kappa shape index (κ3) is 4.16. The second kappa shape index (κ2) is 8.39. The van der Waals surface area contributed by atoms with E-state index in [1.807, 2.05) is 72.8 Å². The van der Waals surface area contributed by atoms with E-state index in [0.717, 1.165) is 16.9 Å². The SMILES string of the molecule is COc1ccc(CNc2nc(-c3ccccc3)nn2C(=O)c2ccccc2)cc1. The Balaban J connectivity index is 1.65. The zero-order valence-electron chi connectivity index (χ0n) is 15.9. The lowest BCUT2D eigenvalue weighted by Crippen LogP contribution is -2.17. The molecule has 0 aliphatic rings. The molecular formula is C23H20N4O2. The number of aromatic nitrogens is 3. The van der Waals surface area contributed by atoms with Gasteiger partial charge in [0.05, 0.1) is 7.11 Å². The molecule has 4 aromatic rings. The molecule has 3 aromatic carbocycles. The molecule has 0 radical (unpaired) electrons. The monoisotopic (exact) mass is 384 g/mol. The average molecular weight is 384 g/mol. The van der Waals surface area contributed by atoms with E-state index in [2.05, 4.69) is 15.4 Å². The summed E-state index contributed by atoms with van der Waals surface area (Å²) in [5.74, 6) is 1.45. The molecule has 1 aromatic heterocycles. The highest BCUT2D eigenvalue weighted by molar-refractivity contribution is 5.97. The van der Waals surface area contributed by atoms with E-state index in [9.17, 15) is 4.79 Å². The maximum Gasteiger partial charge on any atom is 0.281 e. The third-order valence-electron chi connectivity index (χ3n) is 4.46. The van der Waals surface area contributed by atoms with Gasteiger partial charge in [0.2, 0.25) is 5.95 Å². The molecule has 0 aliphatic heterocycles. The predicted molar refractivity (Wildman–Crippen MR) is 112 cm³/mol. The summed E-state index contributed by atoms with van der Waals surface area (Å²) in [6, 6.07) is 26.4. The maximum atomic E-state index is 13.0. The molecule has 1 heterocycles. The van der Waals surface area contributed by atoms with Gasteiger partial charge in [0, 0.05) is 17.7 Å². The summed E-state index contributed by atoms with van der Waals surface area (Å²) in [7, 11) is 1.63. The first-order chi connectivity index (χ1) is 14.2. The van der Waals surface area contributed by atoms with Crippen LogP contribution in [0.4, 0.5) is 5.95 Å². The number of nitrogens with one attached hydrogen (secondary N) is 1. The van der Waals surface area contributed by atoms with Crippen LogP contribution in [0.1, 0.15) is 15.9 Å². The van der Waals surface area contributed by atoms with E-state index in [4.69, 9.17) is 4.74 Å². The summed E-state index contributed by atoms with van der Waals surface area (Å²) in [5, 5.41) is 7.71. The Morgan fingerprint density at radius 3 is 2.24 bits per heavy atom. The van der Waals surface area contributed by atoms with E-state index in [-0.39, 0.29) is 5.91 Å². The molecule has 6 nitrogen and oxygen atoms in total. The third-order valence-corrected chi connectivity index (χ3v) is 4.46. The molecule has 6 heteroatoms. The topological polar surface area (TPSA) is 69.0 Å². The zero-order chi connectivity index (χ0) is 20.1. The molecule has 0 amide bonds. The molecule has 0 aliphatic carbocycles. The molecule has 0 bridgehead atoms. The van der Waals surface area contributed by atoms with Crippen LogP contribution in [0.2, 0.25) is 0 Å². The van der Waals surface area contributed by atoms with Gasteiger partial charge in [0.1, 0.15) is 5.75 Å². The zero-order valence-corrected chi connectivity index (χ0v) is 15.9. The first-order valence-electron chi connectivity index (χ1n) is 9.23. The van der Waals surface area contributed by atoms with Crippen molar-refractivity contribution < 1.29 is 9.53 Å². The highest BCUT2D eigenvalue weighted by Gasteiger charge is 2.18. The fraction of sp³-hybridized carbons (Fsp3) is 0.0870. The normalized spacial score (nSPS) is 10.5. The number of carbonyl (C=O) groups excluding carboxylic acids is 1. The fourth-order valence-electron chi connectivity index (χ4n) is 2.91. The number of methoxy groups -OCH3 is 1. The summed E-state index contributed by atoms with van der Waals surface area (Å²) in [5.41, 5.74) is 2.43. The van der Waals surface area contributed by atoms with E-state index in [1.54, 1.807) is 19.2 Å². The predicted octanol–water partition coefficient (Wildman–Crippen LogP) is 4.25. The second-order valence-electron chi connectivity index (χ2n) is 6.41. The van der Waals surface area contributed by atoms with Crippen LogP contribution in [0, 0.1) is 0 Å². The number of rotatable bonds is 6. The van der Waals surface area contributed by atoms with Crippen LogP contribution in [0.15, 0.2) is 84.9 Å². The van der Waals surface area contributed by atoms with Crippen LogP contribution in [0.3, 0.4) is 0 Å². The summed E-state index contributed by atoms with van der Waals surface area (Å²) >= 11 is 0. The molecule has 0 fully saturated rings. The number of carbonyl (C=O) groups is 1. The standard InChI is InChI=1S/C23H20N4O2/c1-29-20-14-12-17(13-15-20)16-24-23-25-21(18-8-4-2-5-9-18)26-27(23)22(28)19-10-6-3-7-11-19/h2-15H,16H2,1H3,(H,24,25,26). The van der Waals surface area contributed by atoms with Crippen molar-refractivity contribution in [1.82, 2.24) is 14.8 Å². The molecule has 0 saturated carbocycles. The van der Waals surface area contributed by atoms with Gasteiger partial charge < -0.3 is 10.1 Å². The van der Waals surface area contributed by atoms with Crippen LogP contribution in [0.25, 0.3) is 11.4 Å². The minimum Gasteiger partial charge on any atom is -0.497 e. The van der Waals surface area contributed by atoms with Crippen molar-refractivity contribution >= 4 is 11.9 Å². The van der Waals surface area contributed by atoms with Gasteiger partial charge in [-0.2, -0.15) is 9.67 Å². The van der Waals surface area contributed by atoms with Crippen LogP contribution in [0.5, 0.6) is 5.75 Å². The van der Waals surface area contributed by atoms with Crippen LogP contribution in [-0.2, 0) is 6.54 Å². The first-order valence-corrected chi connectivity index (χ1v) is 9.23. The summed E-state index contributed by atoms with van der Waals surface area (Å²) in [6.07, 6.45) is 0. The van der Waals surface area contributed by atoms with E-state index < -0.39 is 0 Å². The largest absolute Gasteiger partial charge is 0.497 e. The van der Waals surface area contributed by atoms with E-state index in [0.29, 0.717) is 23.9 Å². The van der Waals surface area contributed by atoms with Crippen LogP contribution in [-0.4, -0.2) is 27.8 Å². The summed E-state index contributed by atoms with van der Waals surface area (Å²) in [6.45, 7) is 0.499. The Kier molecular flexibility index (Phi) is 5.33. The Hall–Kier alpha value is -3.93. The highest BCUT2D eigenvalue weighted by atomic mass is 16.5. The lowest BCUT2D eigenvalue weighted by Gasteiger charge is -2.08. The minimum atomic E-state index is -0.238. The quantitative estimate of drug-likeness (QED) is 0.538. The second-order valence-corrected chi connectivity index (χ2v) is 6.41. The van der Waals surface area contributed by atoms with E-state index >= 15 is 0 Å². The molecule has 0 atom stereocenters.